The van der Waals surface area contributed by atoms with Gasteiger partial charge in [0.2, 0.25) is 0 Å². The Hall–Kier alpha value is -2.29. The van der Waals surface area contributed by atoms with Gasteiger partial charge in [-0.15, -0.1) is 0 Å². The van der Waals surface area contributed by atoms with E-state index in [4.69, 9.17) is 21.4 Å². The van der Waals surface area contributed by atoms with Crippen LogP contribution in [-0.4, -0.2) is 33.7 Å². The summed E-state index contributed by atoms with van der Waals surface area (Å²) in [5.74, 6) is -1.41. The lowest BCUT2D eigenvalue weighted by atomic mass is 10.1. The molecule has 0 aromatic heterocycles. The summed E-state index contributed by atoms with van der Waals surface area (Å²) in [5, 5.41) is 8.82. The maximum atomic E-state index is 12.4. The Balaban J connectivity index is 1.86. The largest absolute Gasteiger partial charge is 0.488 e. The zero-order valence-electron chi connectivity index (χ0n) is 14.2. The molecule has 144 valence electrons. The zero-order chi connectivity index (χ0) is 20.3. The number of nitrogens with zero attached hydrogens (tertiary/aromatic N) is 1. The van der Waals surface area contributed by atoms with Gasteiger partial charge in [-0.25, -0.2) is 0 Å². The molecule has 2 aromatic carbocycles. The van der Waals surface area contributed by atoms with Crippen molar-refractivity contribution >= 4 is 62.5 Å². The number of imide groups is 1. The number of ether oxygens (including phenoxy) is 1. The third-order valence-corrected chi connectivity index (χ3v) is 5.54. The number of carboxylic acids is 1. The summed E-state index contributed by atoms with van der Waals surface area (Å²) in [7, 11) is 0. The number of halogens is 2. The number of benzene rings is 2. The van der Waals surface area contributed by atoms with Crippen molar-refractivity contribution < 1.29 is 24.2 Å². The Kier molecular flexibility index (Phi) is 6.43. The van der Waals surface area contributed by atoms with E-state index in [-0.39, 0.29) is 11.5 Å². The molecular formula is C19H13BrClNO5S. The minimum atomic E-state index is -1.25. The molecule has 1 aliphatic rings. The lowest BCUT2D eigenvalue weighted by molar-refractivity contribution is -0.140. The zero-order valence-corrected chi connectivity index (χ0v) is 17.4. The molecule has 0 aliphatic carbocycles. The van der Waals surface area contributed by atoms with Crippen LogP contribution in [0.2, 0.25) is 5.02 Å². The molecule has 9 heteroatoms. The van der Waals surface area contributed by atoms with Crippen LogP contribution in [0.3, 0.4) is 0 Å². The van der Waals surface area contributed by atoms with Crippen molar-refractivity contribution in [2.24, 2.45) is 0 Å². The Morgan fingerprint density at radius 3 is 2.71 bits per heavy atom. The van der Waals surface area contributed by atoms with E-state index in [1.807, 2.05) is 18.2 Å². The molecule has 0 radical (unpaired) electrons. The van der Waals surface area contributed by atoms with Crippen LogP contribution in [-0.2, 0) is 16.2 Å². The van der Waals surface area contributed by atoms with Crippen molar-refractivity contribution in [1.29, 1.82) is 0 Å². The number of amides is 2. The van der Waals surface area contributed by atoms with Crippen LogP contribution in [0.25, 0.3) is 6.08 Å². The van der Waals surface area contributed by atoms with Crippen molar-refractivity contribution in [3.63, 3.8) is 0 Å². The van der Waals surface area contributed by atoms with Crippen LogP contribution in [0.5, 0.6) is 5.75 Å². The summed E-state index contributed by atoms with van der Waals surface area (Å²) < 4.78 is 6.62. The number of carboxylic acid groups (broad SMARTS) is 1. The number of hydrogen-bond acceptors (Lipinski definition) is 5. The highest BCUT2D eigenvalue weighted by molar-refractivity contribution is 9.10. The van der Waals surface area contributed by atoms with Gasteiger partial charge >= 0.3 is 5.97 Å². The number of thioether (sulfide) groups is 1. The van der Waals surface area contributed by atoms with E-state index in [2.05, 4.69) is 15.9 Å². The van der Waals surface area contributed by atoms with Gasteiger partial charge < -0.3 is 9.84 Å². The molecule has 0 atom stereocenters. The second kappa shape index (κ2) is 8.81. The number of carbonyl (C=O) groups excluding carboxylic acids is 2. The first-order valence-corrected chi connectivity index (χ1v) is 9.97. The summed E-state index contributed by atoms with van der Waals surface area (Å²) in [6.45, 7) is -0.445. The minimum Gasteiger partial charge on any atom is -0.488 e. The topological polar surface area (TPSA) is 83.9 Å². The smallest absolute Gasteiger partial charge is 0.323 e. The van der Waals surface area contributed by atoms with Gasteiger partial charge in [0, 0.05) is 20.6 Å². The van der Waals surface area contributed by atoms with Crippen LogP contribution in [0, 0.1) is 0 Å². The van der Waals surface area contributed by atoms with Crippen LogP contribution < -0.4 is 4.74 Å². The van der Waals surface area contributed by atoms with E-state index in [9.17, 15) is 14.4 Å². The SMILES string of the molecule is O=C(O)CN1C(=O)S/C(=C/c2cc(Br)ccc2OCc2ccccc2Cl)C1=O. The lowest BCUT2D eigenvalue weighted by Crippen LogP contribution is -2.33. The fourth-order valence-corrected chi connectivity index (χ4v) is 3.85. The molecule has 6 nitrogen and oxygen atoms in total. The molecule has 28 heavy (non-hydrogen) atoms. The van der Waals surface area contributed by atoms with Crippen molar-refractivity contribution in [3.05, 3.63) is 68.0 Å². The Morgan fingerprint density at radius 2 is 2.00 bits per heavy atom. The van der Waals surface area contributed by atoms with Crippen molar-refractivity contribution in [1.82, 2.24) is 4.90 Å². The minimum absolute atomic E-state index is 0.131. The fourth-order valence-electron chi connectivity index (χ4n) is 2.45. The summed E-state index contributed by atoms with van der Waals surface area (Å²) in [5.41, 5.74) is 1.38. The first kappa shape index (κ1) is 20.4. The van der Waals surface area contributed by atoms with Gasteiger partial charge in [-0.3, -0.25) is 19.3 Å². The van der Waals surface area contributed by atoms with E-state index >= 15 is 0 Å². The summed E-state index contributed by atoms with van der Waals surface area (Å²) in [4.78, 5) is 36.0. The van der Waals surface area contributed by atoms with Crippen molar-refractivity contribution in [3.8, 4) is 5.75 Å². The average molecular weight is 483 g/mol. The van der Waals surface area contributed by atoms with E-state index < -0.39 is 23.7 Å². The van der Waals surface area contributed by atoms with Gasteiger partial charge in [0.05, 0.1) is 4.91 Å². The Bertz CT molecular complexity index is 994. The highest BCUT2D eigenvalue weighted by Gasteiger charge is 2.36. The van der Waals surface area contributed by atoms with Gasteiger partial charge in [-0.2, -0.15) is 0 Å². The Morgan fingerprint density at radius 1 is 1.25 bits per heavy atom. The normalized spacial score (nSPS) is 15.4. The molecule has 1 heterocycles. The first-order chi connectivity index (χ1) is 13.3. The quantitative estimate of drug-likeness (QED) is 0.595. The van der Waals surface area contributed by atoms with Gasteiger partial charge in [-0.1, -0.05) is 45.7 Å². The van der Waals surface area contributed by atoms with Crippen molar-refractivity contribution in [2.75, 3.05) is 6.54 Å². The molecule has 0 bridgehead atoms. The maximum Gasteiger partial charge on any atom is 0.323 e. The predicted molar refractivity (Wildman–Crippen MR) is 110 cm³/mol. The number of aliphatic carboxylic acids is 1. The lowest BCUT2D eigenvalue weighted by Gasteiger charge is -2.11. The van der Waals surface area contributed by atoms with Crippen LogP contribution in [0.1, 0.15) is 11.1 Å². The summed E-state index contributed by atoms with van der Waals surface area (Å²) in [6, 6.07) is 12.5. The summed E-state index contributed by atoms with van der Waals surface area (Å²) in [6.07, 6.45) is 1.51. The van der Waals surface area contributed by atoms with Crippen LogP contribution in [0.15, 0.2) is 51.8 Å². The number of rotatable bonds is 6. The van der Waals surface area contributed by atoms with Gasteiger partial charge in [0.1, 0.15) is 18.9 Å². The fraction of sp³-hybridized carbons (Fsp3) is 0.105. The van der Waals surface area contributed by atoms with E-state index in [1.54, 1.807) is 24.3 Å². The van der Waals surface area contributed by atoms with Gasteiger partial charge in [0.25, 0.3) is 11.1 Å². The third kappa shape index (κ3) is 4.76. The molecule has 2 amide bonds. The number of carbonyl (C=O) groups is 3. The molecule has 0 spiro atoms. The second-order valence-corrected chi connectivity index (χ2v) is 8.04. The molecule has 1 fully saturated rings. The monoisotopic (exact) mass is 481 g/mol. The van der Waals surface area contributed by atoms with E-state index in [0.717, 1.165) is 10.0 Å². The third-order valence-electron chi connectivity index (χ3n) is 3.77. The molecule has 2 aromatic rings. The maximum absolute atomic E-state index is 12.4. The standard InChI is InChI=1S/C19H13BrClNO5S/c20-13-5-6-15(27-10-11-3-1-2-4-14(11)21)12(7-13)8-16-18(25)22(9-17(23)24)19(26)28-16/h1-8H,9-10H2,(H,23,24)/b16-8+. The molecule has 1 saturated heterocycles. The van der Waals surface area contributed by atoms with Crippen molar-refractivity contribution in [2.45, 2.75) is 6.61 Å². The highest BCUT2D eigenvalue weighted by atomic mass is 79.9. The molecule has 0 unspecified atom stereocenters. The van der Waals surface area contributed by atoms with Crippen LogP contribution >= 0.6 is 39.3 Å². The molecule has 3 rings (SSSR count). The predicted octanol–water partition coefficient (Wildman–Crippen LogP) is 4.80. The second-order valence-electron chi connectivity index (χ2n) is 5.72. The Labute approximate surface area is 178 Å². The molecule has 0 saturated carbocycles. The van der Waals surface area contributed by atoms with Gasteiger partial charge in [0.15, 0.2) is 0 Å². The summed E-state index contributed by atoms with van der Waals surface area (Å²) >= 11 is 10.2. The van der Waals surface area contributed by atoms with Gasteiger partial charge in [-0.05, 0) is 42.1 Å². The molecule has 1 N–H and O–H groups in total. The average Bonchev–Trinajstić information content (AvgIpc) is 2.89. The number of hydrogen-bond donors (Lipinski definition) is 1. The molecule has 1 aliphatic heterocycles. The van der Waals surface area contributed by atoms with Crippen LogP contribution in [0.4, 0.5) is 4.79 Å². The first-order valence-electron chi connectivity index (χ1n) is 7.98. The highest BCUT2D eigenvalue weighted by Crippen LogP contribution is 2.35. The van der Waals surface area contributed by atoms with E-state index in [1.165, 1.54) is 6.08 Å². The molecular weight excluding hydrogens is 470 g/mol. The van der Waals surface area contributed by atoms with E-state index in [0.29, 0.717) is 33.0 Å².